The summed E-state index contributed by atoms with van der Waals surface area (Å²) in [5, 5.41) is 3.07. The van der Waals surface area contributed by atoms with Crippen molar-refractivity contribution >= 4 is 28.8 Å². The summed E-state index contributed by atoms with van der Waals surface area (Å²) in [6, 6.07) is 13.1. The molecule has 190 valence electrons. The average molecular weight is 491 g/mol. The molecular weight excluding hydrogens is 456 g/mol. The van der Waals surface area contributed by atoms with Crippen LogP contribution in [0.4, 0.5) is 0 Å². The van der Waals surface area contributed by atoms with E-state index in [0.29, 0.717) is 25.3 Å². The molecule has 1 saturated heterocycles. The Morgan fingerprint density at radius 1 is 1.22 bits per heavy atom. The van der Waals surface area contributed by atoms with Gasteiger partial charge in [0.15, 0.2) is 0 Å². The van der Waals surface area contributed by atoms with Crippen LogP contribution < -0.4 is 5.32 Å². The van der Waals surface area contributed by atoms with Gasteiger partial charge in [0.1, 0.15) is 5.82 Å². The monoisotopic (exact) mass is 490 g/mol. The third-order valence-corrected chi connectivity index (χ3v) is 6.99. The number of hydrogen-bond acceptors (Lipinski definition) is 5. The molecule has 4 rings (SSSR count). The van der Waals surface area contributed by atoms with Gasteiger partial charge in [0.25, 0.3) is 0 Å². The minimum absolute atomic E-state index is 0.0300. The molecule has 0 aliphatic carbocycles. The van der Waals surface area contributed by atoms with E-state index in [-0.39, 0.29) is 43.1 Å². The highest BCUT2D eigenvalue weighted by Gasteiger charge is 2.54. The zero-order valence-corrected chi connectivity index (χ0v) is 21.4. The van der Waals surface area contributed by atoms with Gasteiger partial charge in [-0.3, -0.25) is 19.3 Å². The van der Waals surface area contributed by atoms with Crippen molar-refractivity contribution in [2.24, 2.45) is 0 Å². The van der Waals surface area contributed by atoms with Gasteiger partial charge in [-0.15, -0.1) is 0 Å². The summed E-state index contributed by atoms with van der Waals surface area (Å²) in [5.74, 6) is -0.194. The lowest BCUT2D eigenvalue weighted by Gasteiger charge is -2.29. The van der Waals surface area contributed by atoms with Crippen molar-refractivity contribution < 1.29 is 19.1 Å². The van der Waals surface area contributed by atoms with Gasteiger partial charge < -0.3 is 15.0 Å². The summed E-state index contributed by atoms with van der Waals surface area (Å²) in [6.07, 6.45) is 1.03. The number of H-pyrrole nitrogens is 1. The van der Waals surface area contributed by atoms with Crippen LogP contribution >= 0.6 is 0 Å². The summed E-state index contributed by atoms with van der Waals surface area (Å²) in [7, 11) is 1.59. The van der Waals surface area contributed by atoms with E-state index in [0.717, 1.165) is 27.7 Å². The number of methoxy groups -OCH3 is 1. The summed E-state index contributed by atoms with van der Waals surface area (Å²) in [6.45, 7) is 6.62. The molecule has 1 aliphatic heterocycles. The van der Waals surface area contributed by atoms with E-state index in [9.17, 15) is 14.4 Å². The van der Waals surface area contributed by atoms with E-state index in [1.807, 2.05) is 63.2 Å². The molecule has 0 radical (unpaired) electrons. The predicted molar refractivity (Wildman–Crippen MR) is 137 cm³/mol. The number of likely N-dealkylation sites (tertiary alicyclic amines) is 1. The number of carbonyl (C=O) groups is 3. The zero-order valence-electron chi connectivity index (χ0n) is 21.4. The molecule has 0 unspecified atom stereocenters. The van der Waals surface area contributed by atoms with E-state index in [4.69, 9.17) is 4.74 Å². The first-order chi connectivity index (χ1) is 17.3. The van der Waals surface area contributed by atoms with Crippen LogP contribution in [0.25, 0.3) is 11.0 Å². The largest absolute Gasteiger partial charge is 0.385 e. The fourth-order valence-electron chi connectivity index (χ4n) is 5.14. The maximum absolute atomic E-state index is 13.8. The Kier molecular flexibility index (Phi) is 7.54. The average Bonchev–Trinajstić information content (AvgIpc) is 3.37. The molecule has 2 aromatic carbocycles. The Bertz CT molecular complexity index is 1280. The van der Waals surface area contributed by atoms with Crippen LogP contribution in [0.5, 0.6) is 0 Å². The Labute approximate surface area is 211 Å². The van der Waals surface area contributed by atoms with Crippen LogP contribution in [0.2, 0.25) is 0 Å². The standard InChI is InChI=1S/C28H34N4O4/c1-5-21(26-30-22-12-11-18(2)15-23(22)31-26)29-24(33)16-28(20-10-7-6-9-19(20)3)17-25(34)32(27(28)35)13-8-14-36-4/h6-7,9-12,15,21H,5,8,13-14,16-17H2,1-4H3,(H,29,33)(H,30,31)/t21-,28-/m0/s1. The highest BCUT2D eigenvalue weighted by Crippen LogP contribution is 2.41. The minimum Gasteiger partial charge on any atom is -0.385 e. The first kappa shape index (κ1) is 25.6. The quantitative estimate of drug-likeness (QED) is 0.332. The third kappa shape index (κ3) is 4.91. The first-order valence-corrected chi connectivity index (χ1v) is 12.4. The van der Waals surface area contributed by atoms with Crippen molar-refractivity contribution in [3.8, 4) is 0 Å². The maximum Gasteiger partial charge on any atom is 0.240 e. The van der Waals surface area contributed by atoms with Crippen LogP contribution in [0, 0.1) is 13.8 Å². The molecule has 8 nitrogen and oxygen atoms in total. The number of amides is 3. The molecule has 0 saturated carbocycles. The normalized spacial score (nSPS) is 18.7. The summed E-state index contributed by atoms with van der Waals surface area (Å²) in [5.41, 5.74) is 3.24. The molecule has 2 N–H and O–H groups in total. The minimum atomic E-state index is -1.23. The molecule has 1 aliphatic rings. The number of fused-ring (bicyclic) bond motifs is 1. The molecule has 36 heavy (non-hydrogen) atoms. The summed E-state index contributed by atoms with van der Waals surface area (Å²) in [4.78, 5) is 49.5. The number of aryl methyl sites for hydroxylation is 2. The zero-order chi connectivity index (χ0) is 25.9. The predicted octanol–water partition coefficient (Wildman–Crippen LogP) is 3.87. The van der Waals surface area contributed by atoms with E-state index in [2.05, 4.69) is 15.3 Å². The van der Waals surface area contributed by atoms with Gasteiger partial charge in [0, 0.05) is 33.1 Å². The van der Waals surface area contributed by atoms with Gasteiger partial charge in [-0.25, -0.2) is 4.98 Å². The van der Waals surface area contributed by atoms with Crippen molar-refractivity contribution in [2.75, 3.05) is 20.3 Å². The van der Waals surface area contributed by atoms with Crippen molar-refractivity contribution in [3.05, 3.63) is 65.0 Å². The van der Waals surface area contributed by atoms with E-state index >= 15 is 0 Å². The Balaban J connectivity index is 1.61. The topological polar surface area (TPSA) is 104 Å². The molecule has 2 atom stereocenters. The van der Waals surface area contributed by atoms with Crippen molar-refractivity contribution in [2.45, 2.75) is 57.9 Å². The van der Waals surface area contributed by atoms with Crippen LogP contribution in [0.3, 0.4) is 0 Å². The molecule has 1 aromatic heterocycles. The molecule has 8 heteroatoms. The van der Waals surface area contributed by atoms with Crippen molar-refractivity contribution in [1.29, 1.82) is 0 Å². The first-order valence-electron chi connectivity index (χ1n) is 12.4. The van der Waals surface area contributed by atoms with Crippen LogP contribution in [0.15, 0.2) is 42.5 Å². The molecule has 0 bridgehead atoms. The fraction of sp³-hybridized carbons (Fsp3) is 0.429. The number of imidazole rings is 1. The van der Waals surface area contributed by atoms with Gasteiger partial charge in [-0.05, 0) is 55.5 Å². The lowest BCUT2D eigenvalue weighted by Crippen LogP contribution is -2.43. The lowest BCUT2D eigenvalue weighted by atomic mass is 9.74. The molecule has 0 spiro atoms. The summed E-state index contributed by atoms with van der Waals surface area (Å²) < 4.78 is 5.10. The van der Waals surface area contributed by atoms with Gasteiger partial charge in [-0.2, -0.15) is 0 Å². The molecule has 3 amide bonds. The van der Waals surface area contributed by atoms with Crippen LogP contribution in [0.1, 0.15) is 61.2 Å². The number of aromatic amines is 1. The van der Waals surface area contributed by atoms with E-state index in [1.165, 1.54) is 4.90 Å². The second-order valence-corrected chi connectivity index (χ2v) is 9.62. The van der Waals surface area contributed by atoms with Gasteiger partial charge in [-0.1, -0.05) is 37.3 Å². The van der Waals surface area contributed by atoms with Crippen molar-refractivity contribution in [1.82, 2.24) is 20.2 Å². The molecule has 3 aromatic rings. The Morgan fingerprint density at radius 2 is 2.00 bits per heavy atom. The summed E-state index contributed by atoms with van der Waals surface area (Å²) >= 11 is 0. The number of nitrogens with zero attached hydrogens (tertiary/aromatic N) is 2. The number of rotatable bonds is 10. The van der Waals surface area contributed by atoms with Crippen LogP contribution in [-0.2, 0) is 24.5 Å². The number of imide groups is 1. The number of ether oxygens (including phenoxy) is 1. The second-order valence-electron chi connectivity index (χ2n) is 9.62. The fourth-order valence-corrected chi connectivity index (χ4v) is 5.14. The molecule has 1 fully saturated rings. The second kappa shape index (κ2) is 10.6. The Hall–Kier alpha value is -3.52. The number of aromatic nitrogens is 2. The van der Waals surface area contributed by atoms with Gasteiger partial charge in [0.05, 0.1) is 22.5 Å². The lowest BCUT2D eigenvalue weighted by molar-refractivity contribution is -0.141. The van der Waals surface area contributed by atoms with Crippen LogP contribution in [-0.4, -0.2) is 52.9 Å². The van der Waals surface area contributed by atoms with E-state index in [1.54, 1.807) is 7.11 Å². The smallest absolute Gasteiger partial charge is 0.240 e. The number of carbonyl (C=O) groups excluding carboxylic acids is 3. The number of benzene rings is 2. The van der Waals surface area contributed by atoms with E-state index < -0.39 is 5.41 Å². The number of nitrogens with one attached hydrogen (secondary N) is 2. The highest BCUT2D eigenvalue weighted by molar-refractivity contribution is 6.11. The van der Waals surface area contributed by atoms with Crippen molar-refractivity contribution in [3.63, 3.8) is 0 Å². The Morgan fingerprint density at radius 3 is 2.72 bits per heavy atom. The molecule has 2 heterocycles. The van der Waals surface area contributed by atoms with Gasteiger partial charge >= 0.3 is 0 Å². The number of hydrogen-bond donors (Lipinski definition) is 2. The third-order valence-electron chi connectivity index (χ3n) is 6.99. The maximum atomic E-state index is 13.8. The SMILES string of the molecule is CC[C@H](NC(=O)C[C@@]1(c2ccccc2C)CC(=O)N(CCCOC)C1=O)c1nc2ccc(C)cc2[nH]1. The van der Waals surface area contributed by atoms with Gasteiger partial charge in [0.2, 0.25) is 17.7 Å². The molecular formula is C28H34N4O4. The highest BCUT2D eigenvalue weighted by atomic mass is 16.5.